The molecule has 1 aromatic heterocycles. The molecule has 0 saturated carbocycles. The van der Waals surface area contributed by atoms with Crippen LogP contribution in [0.5, 0.6) is 5.75 Å². The first-order chi connectivity index (χ1) is 12.6. The molecule has 0 saturated heterocycles. The molecule has 1 unspecified atom stereocenters. The van der Waals surface area contributed by atoms with Crippen LogP contribution in [0.3, 0.4) is 0 Å². The van der Waals surface area contributed by atoms with Crippen LogP contribution in [0.4, 0.5) is 0 Å². The Kier molecular flexibility index (Phi) is 5.27. The number of hydrogen-bond donors (Lipinski definition) is 1. The SMILES string of the molecule is COc1ccc(CC(C)/N=C\C(=O)c2cccc3[nH]c(=O)ccc23)cc1. The molecule has 0 amide bonds. The number of fused-ring (bicyclic) bond motifs is 1. The lowest BCUT2D eigenvalue weighted by molar-refractivity contribution is 0.107. The molecule has 1 heterocycles. The molecular formula is C21H20N2O3. The minimum atomic E-state index is -0.191. The lowest BCUT2D eigenvalue weighted by atomic mass is 10.0. The summed E-state index contributed by atoms with van der Waals surface area (Å²) in [6.45, 7) is 1.97. The van der Waals surface area contributed by atoms with E-state index < -0.39 is 0 Å². The van der Waals surface area contributed by atoms with E-state index in [-0.39, 0.29) is 17.4 Å². The monoisotopic (exact) mass is 348 g/mol. The third-order valence-electron chi connectivity index (χ3n) is 4.17. The zero-order valence-electron chi connectivity index (χ0n) is 14.7. The fourth-order valence-electron chi connectivity index (χ4n) is 2.82. The van der Waals surface area contributed by atoms with Gasteiger partial charge in [0.05, 0.1) is 19.4 Å². The molecule has 0 fully saturated rings. The maximum absolute atomic E-state index is 12.5. The third-order valence-corrected chi connectivity index (χ3v) is 4.17. The van der Waals surface area contributed by atoms with Gasteiger partial charge in [0.25, 0.3) is 0 Å². The number of ketones is 1. The number of carbonyl (C=O) groups is 1. The van der Waals surface area contributed by atoms with Crippen LogP contribution >= 0.6 is 0 Å². The van der Waals surface area contributed by atoms with E-state index in [1.54, 1.807) is 31.4 Å². The van der Waals surface area contributed by atoms with Crippen molar-refractivity contribution in [2.24, 2.45) is 4.99 Å². The summed E-state index contributed by atoms with van der Waals surface area (Å²) < 4.78 is 5.15. The molecule has 2 aromatic carbocycles. The molecule has 5 heteroatoms. The van der Waals surface area contributed by atoms with Crippen LogP contribution in [0.25, 0.3) is 10.9 Å². The predicted octanol–water partition coefficient (Wildman–Crippen LogP) is 3.42. The van der Waals surface area contributed by atoms with Crippen LogP contribution in [0.1, 0.15) is 22.8 Å². The van der Waals surface area contributed by atoms with E-state index in [2.05, 4.69) is 9.98 Å². The molecule has 3 rings (SSSR count). The summed E-state index contributed by atoms with van der Waals surface area (Å²) >= 11 is 0. The Bertz CT molecular complexity index is 1000. The largest absolute Gasteiger partial charge is 0.497 e. The number of benzene rings is 2. The van der Waals surface area contributed by atoms with E-state index in [0.29, 0.717) is 16.5 Å². The Balaban J connectivity index is 1.73. The first-order valence-corrected chi connectivity index (χ1v) is 8.39. The van der Waals surface area contributed by atoms with E-state index in [4.69, 9.17) is 4.74 Å². The lowest BCUT2D eigenvalue weighted by Crippen LogP contribution is -2.09. The Morgan fingerprint density at radius 2 is 1.92 bits per heavy atom. The topological polar surface area (TPSA) is 71.5 Å². The maximum atomic E-state index is 12.5. The number of Topliss-reactive ketones (excluding diaryl/α,β-unsaturated/α-hetero) is 1. The maximum Gasteiger partial charge on any atom is 0.248 e. The first-order valence-electron chi connectivity index (χ1n) is 8.39. The lowest BCUT2D eigenvalue weighted by Gasteiger charge is -2.07. The summed E-state index contributed by atoms with van der Waals surface area (Å²) in [5, 5.41) is 0.714. The van der Waals surface area contributed by atoms with Crippen molar-refractivity contribution in [2.45, 2.75) is 19.4 Å². The van der Waals surface area contributed by atoms with Gasteiger partial charge in [-0.2, -0.15) is 0 Å². The van der Waals surface area contributed by atoms with Crippen molar-refractivity contribution in [1.29, 1.82) is 0 Å². The highest BCUT2D eigenvalue weighted by atomic mass is 16.5. The van der Waals surface area contributed by atoms with Crippen molar-refractivity contribution in [1.82, 2.24) is 4.98 Å². The number of aromatic nitrogens is 1. The molecule has 0 aliphatic rings. The molecule has 0 aliphatic carbocycles. The van der Waals surface area contributed by atoms with Crippen LogP contribution in [-0.4, -0.2) is 30.1 Å². The molecular weight excluding hydrogens is 328 g/mol. The van der Waals surface area contributed by atoms with E-state index in [9.17, 15) is 9.59 Å². The quantitative estimate of drug-likeness (QED) is 0.548. The van der Waals surface area contributed by atoms with Crippen molar-refractivity contribution in [3.8, 4) is 5.75 Å². The Hall–Kier alpha value is -3.21. The molecule has 3 aromatic rings. The van der Waals surface area contributed by atoms with E-state index in [1.165, 1.54) is 12.3 Å². The van der Waals surface area contributed by atoms with Crippen molar-refractivity contribution in [2.75, 3.05) is 7.11 Å². The van der Waals surface area contributed by atoms with Crippen LogP contribution in [0.15, 0.2) is 64.4 Å². The van der Waals surface area contributed by atoms with Crippen molar-refractivity contribution in [3.05, 3.63) is 76.1 Å². The minimum absolute atomic E-state index is 0.0258. The van der Waals surface area contributed by atoms with Crippen LogP contribution in [-0.2, 0) is 6.42 Å². The molecule has 0 radical (unpaired) electrons. The van der Waals surface area contributed by atoms with Gasteiger partial charge in [-0.05, 0) is 43.2 Å². The third kappa shape index (κ3) is 4.06. The molecule has 0 spiro atoms. The Morgan fingerprint density at radius 1 is 1.15 bits per heavy atom. The number of nitrogens with zero attached hydrogens (tertiary/aromatic N) is 1. The van der Waals surface area contributed by atoms with E-state index in [0.717, 1.165) is 17.7 Å². The first kappa shape index (κ1) is 17.6. The summed E-state index contributed by atoms with van der Waals surface area (Å²) in [4.78, 5) is 31.1. The molecule has 5 nitrogen and oxygen atoms in total. The highest BCUT2D eigenvalue weighted by molar-refractivity contribution is 6.38. The van der Waals surface area contributed by atoms with Crippen LogP contribution < -0.4 is 10.3 Å². The van der Waals surface area contributed by atoms with Gasteiger partial charge in [-0.25, -0.2) is 0 Å². The Morgan fingerprint density at radius 3 is 2.65 bits per heavy atom. The number of nitrogens with one attached hydrogen (secondary N) is 1. The number of methoxy groups -OCH3 is 1. The van der Waals surface area contributed by atoms with Gasteiger partial charge in [-0.15, -0.1) is 0 Å². The predicted molar refractivity (Wildman–Crippen MR) is 104 cm³/mol. The van der Waals surface area contributed by atoms with Gasteiger partial charge in [0.2, 0.25) is 11.3 Å². The summed E-state index contributed by atoms with van der Waals surface area (Å²) in [6, 6.07) is 16.1. The van der Waals surface area contributed by atoms with Crippen molar-refractivity contribution in [3.63, 3.8) is 0 Å². The summed E-state index contributed by atoms with van der Waals surface area (Å²) in [5.41, 5.74) is 2.11. The molecule has 132 valence electrons. The average molecular weight is 348 g/mol. The zero-order chi connectivity index (χ0) is 18.5. The van der Waals surface area contributed by atoms with Crippen LogP contribution in [0.2, 0.25) is 0 Å². The number of carbonyl (C=O) groups excluding carboxylic acids is 1. The molecule has 0 bridgehead atoms. The van der Waals surface area contributed by atoms with Gasteiger partial charge in [-0.3, -0.25) is 14.6 Å². The number of ether oxygens (including phenoxy) is 1. The summed E-state index contributed by atoms with van der Waals surface area (Å²) in [6.07, 6.45) is 2.10. The van der Waals surface area contributed by atoms with Gasteiger partial charge < -0.3 is 9.72 Å². The highest BCUT2D eigenvalue weighted by Gasteiger charge is 2.09. The standard InChI is InChI=1S/C21H20N2O3/c1-14(12-15-6-8-16(26-2)9-7-15)22-13-20(24)18-4-3-5-19-17(18)10-11-21(25)23-19/h3-11,13-14H,12H2,1-2H3,(H,23,25)/b22-13-. The number of pyridine rings is 1. The smallest absolute Gasteiger partial charge is 0.248 e. The molecule has 1 atom stereocenters. The minimum Gasteiger partial charge on any atom is -0.497 e. The second-order valence-electron chi connectivity index (χ2n) is 6.13. The van der Waals surface area contributed by atoms with Crippen molar-refractivity contribution < 1.29 is 9.53 Å². The van der Waals surface area contributed by atoms with Gasteiger partial charge >= 0.3 is 0 Å². The normalized spacial score (nSPS) is 12.4. The van der Waals surface area contributed by atoms with Gasteiger partial charge in [0, 0.05) is 22.5 Å². The fraction of sp³-hybridized carbons (Fsp3) is 0.190. The summed E-state index contributed by atoms with van der Waals surface area (Å²) in [5.74, 6) is 0.637. The molecule has 0 aliphatic heterocycles. The van der Waals surface area contributed by atoms with E-state index in [1.807, 2.05) is 31.2 Å². The second kappa shape index (κ2) is 7.78. The molecule has 1 N–H and O–H groups in total. The zero-order valence-corrected chi connectivity index (χ0v) is 14.7. The average Bonchev–Trinajstić information content (AvgIpc) is 2.66. The van der Waals surface area contributed by atoms with E-state index >= 15 is 0 Å². The number of aromatic amines is 1. The fourth-order valence-corrected chi connectivity index (χ4v) is 2.82. The van der Waals surface area contributed by atoms with Crippen molar-refractivity contribution >= 4 is 22.9 Å². The number of hydrogen-bond acceptors (Lipinski definition) is 4. The number of rotatable bonds is 6. The summed E-state index contributed by atoms with van der Waals surface area (Å²) in [7, 11) is 1.64. The highest BCUT2D eigenvalue weighted by Crippen LogP contribution is 2.16. The number of H-pyrrole nitrogens is 1. The van der Waals surface area contributed by atoms with Gasteiger partial charge in [-0.1, -0.05) is 24.3 Å². The van der Waals surface area contributed by atoms with Gasteiger partial charge in [0.15, 0.2) is 0 Å². The second-order valence-corrected chi connectivity index (χ2v) is 6.13. The molecule has 26 heavy (non-hydrogen) atoms. The van der Waals surface area contributed by atoms with Gasteiger partial charge in [0.1, 0.15) is 5.75 Å². The Labute approximate surface area is 151 Å². The van der Waals surface area contributed by atoms with Crippen LogP contribution in [0, 0.1) is 0 Å². The number of aliphatic imine (C=N–C) groups is 1.